The van der Waals surface area contributed by atoms with E-state index < -0.39 is 5.41 Å². The molecule has 1 unspecified atom stereocenters. The molecule has 0 bridgehead atoms. The van der Waals surface area contributed by atoms with Crippen molar-refractivity contribution in [2.45, 2.75) is 23.2 Å². The first-order valence-corrected chi connectivity index (χ1v) is 23.8. The number of hydrogen-bond donors (Lipinski definition) is 0. The average molecular weight is 889 g/mol. The lowest BCUT2D eigenvalue weighted by Crippen LogP contribution is -2.33. The van der Waals surface area contributed by atoms with Crippen molar-refractivity contribution >= 4 is 11.8 Å². The Labute approximate surface area is 399 Å². The van der Waals surface area contributed by atoms with E-state index >= 15 is 0 Å². The van der Waals surface area contributed by atoms with Gasteiger partial charge in [-0.05, 0) is 111 Å². The minimum absolute atomic E-state index is 0.544. The van der Waals surface area contributed by atoms with E-state index in [9.17, 15) is 0 Å². The van der Waals surface area contributed by atoms with Gasteiger partial charge in [0.25, 0.3) is 0 Å². The molecule has 2 aliphatic carbocycles. The van der Waals surface area contributed by atoms with E-state index in [1.54, 1.807) is 0 Å². The highest BCUT2D eigenvalue weighted by atomic mass is 32.2. The van der Waals surface area contributed by atoms with E-state index in [1.807, 2.05) is 121 Å². The van der Waals surface area contributed by atoms with Crippen molar-refractivity contribution in [2.75, 3.05) is 0 Å². The summed E-state index contributed by atoms with van der Waals surface area (Å²) in [6.07, 6.45) is 10.6. The second-order valence-corrected chi connectivity index (χ2v) is 18.3. The number of thioether (sulfide) groups is 1. The van der Waals surface area contributed by atoms with Gasteiger partial charge in [0.05, 0.1) is 28.2 Å². The fraction of sp³-hybridized carbons (Fsp3) is 0.0492. The lowest BCUT2D eigenvalue weighted by molar-refractivity contribution is 0.724. The molecule has 0 saturated carbocycles. The summed E-state index contributed by atoms with van der Waals surface area (Å²) in [5.74, 6) is 1.90. The Hall–Kier alpha value is -8.39. The summed E-state index contributed by atoms with van der Waals surface area (Å²) in [5, 5.41) is 0. The standard InChI is InChI=1S/C61H40N6S/c1-3-17-40(18-4-1)58-65-59(41-19-5-2-6-20-41)67-60(66-58)42-33-31-39(32-34-42)44-21-15-25-48-56(44)57-45(43-37-52(50-27-11-13-35-62-50)64-53(38-43)51-28-12-14-36-63-51)22-16-26-49(57)61(48)46-23-7-9-29-54(46)68-55-30-10-8-24-47(55)61/h1-7,9,11-38H,8,10H2. The van der Waals surface area contributed by atoms with Gasteiger partial charge in [0.15, 0.2) is 17.5 Å². The number of rotatable bonds is 7. The summed E-state index contributed by atoms with van der Waals surface area (Å²) >= 11 is 1.90. The van der Waals surface area contributed by atoms with Crippen LogP contribution in [0.5, 0.6) is 0 Å². The largest absolute Gasteiger partial charge is 0.255 e. The Morgan fingerprint density at radius 2 is 0.853 bits per heavy atom. The van der Waals surface area contributed by atoms with Crippen molar-refractivity contribution < 1.29 is 0 Å². The smallest absolute Gasteiger partial charge is 0.164 e. The molecule has 10 aromatic rings. The molecule has 320 valence electrons. The summed E-state index contributed by atoms with van der Waals surface area (Å²) in [4.78, 5) is 32.4. The van der Waals surface area contributed by atoms with Crippen LogP contribution >= 0.6 is 11.8 Å². The second-order valence-electron chi connectivity index (χ2n) is 17.2. The van der Waals surface area contributed by atoms with E-state index in [0.29, 0.717) is 17.5 Å². The van der Waals surface area contributed by atoms with Crippen LogP contribution in [0.2, 0.25) is 0 Å². The molecule has 1 spiro atoms. The Balaban J connectivity index is 1.04. The molecular formula is C61H40N6S. The SMILES string of the molecule is C1=C2Sc3ccccc3C3(C2=CCC1)c1cccc(-c2ccc(-c4nc(-c5ccccc5)nc(-c5ccccc5)n4)cc2)c1-c1c(-c2cc(-c4ccccn4)nc(-c4ccccn4)c2)cccc13. The van der Waals surface area contributed by atoms with Gasteiger partial charge in [0.1, 0.15) is 0 Å². The predicted octanol–water partition coefficient (Wildman–Crippen LogP) is 14.8. The van der Waals surface area contributed by atoms with Crippen LogP contribution in [-0.2, 0) is 5.41 Å². The van der Waals surface area contributed by atoms with Gasteiger partial charge >= 0.3 is 0 Å². The van der Waals surface area contributed by atoms with E-state index in [2.05, 4.69) is 109 Å². The average Bonchev–Trinajstić information content (AvgIpc) is 3.72. The van der Waals surface area contributed by atoms with Crippen LogP contribution in [0.3, 0.4) is 0 Å². The summed E-state index contributed by atoms with van der Waals surface area (Å²) in [7, 11) is 0. The molecule has 0 N–H and O–H groups in total. The molecule has 5 heterocycles. The maximum Gasteiger partial charge on any atom is 0.164 e. The molecule has 13 rings (SSSR count). The van der Waals surface area contributed by atoms with Crippen molar-refractivity contribution in [2.24, 2.45) is 0 Å². The van der Waals surface area contributed by atoms with Crippen molar-refractivity contribution in [3.63, 3.8) is 0 Å². The van der Waals surface area contributed by atoms with Crippen molar-refractivity contribution in [3.05, 3.63) is 246 Å². The molecule has 4 aromatic heterocycles. The van der Waals surface area contributed by atoms with E-state index in [-0.39, 0.29) is 0 Å². The third-order valence-electron chi connectivity index (χ3n) is 13.4. The van der Waals surface area contributed by atoms with Crippen molar-refractivity contribution in [3.8, 4) is 90.3 Å². The molecule has 0 saturated heterocycles. The maximum atomic E-state index is 5.19. The zero-order valence-corrected chi connectivity index (χ0v) is 37.6. The molecule has 1 aliphatic heterocycles. The highest BCUT2D eigenvalue weighted by Crippen LogP contribution is 2.66. The maximum absolute atomic E-state index is 5.19. The number of hydrogen-bond acceptors (Lipinski definition) is 7. The van der Waals surface area contributed by atoms with Crippen LogP contribution in [0.1, 0.15) is 29.5 Å². The predicted molar refractivity (Wildman–Crippen MR) is 274 cm³/mol. The topological polar surface area (TPSA) is 77.3 Å². The number of benzene rings is 6. The van der Waals surface area contributed by atoms with Gasteiger partial charge in [-0.15, -0.1) is 0 Å². The normalized spacial score (nSPS) is 15.4. The number of fused-ring (bicyclic) bond motifs is 9. The number of pyridine rings is 3. The van der Waals surface area contributed by atoms with Crippen LogP contribution < -0.4 is 0 Å². The summed E-state index contributed by atoms with van der Waals surface area (Å²) < 4.78 is 0. The molecule has 7 heteroatoms. The number of aromatic nitrogens is 6. The van der Waals surface area contributed by atoms with Gasteiger partial charge in [-0.3, -0.25) is 9.97 Å². The van der Waals surface area contributed by atoms with Crippen LogP contribution in [-0.4, -0.2) is 29.9 Å². The summed E-state index contributed by atoms with van der Waals surface area (Å²) in [6, 6.07) is 68.3. The molecule has 0 fully saturated rings. The Morgan fingerprint density at radius 1 is 0.368 bits per heavy atom. The fourth-order valence-electron chi connectivity index (χ4n) is 10.4. The van der Waals surface area contributed by atoms with Crippen LogP contribution in [0.25, 0.3) is 90.3 Å². The highest BCUT2D eigenvalue weighted by Gasteiger charge is 2.53. The summed E-state index contributed by atoms with van der Waals surface area (Å²) in [5.41, 5.74) is 17.6. The van der Waals surface area contributed by atoms with Crippen molar-refractivity contribution in [1.82, 2.24) is 29.9 Å². The lowest BCUT2D eigenvalue weighted by Gasteiger charge is -2.42. The molecule has 68 heavy (non-hydrogen) atoms. The Kier molecular flexibility index (Phi) is 9.68. The number of nitrogens with zero attached hydrogens (tertiary/aromatic N) is 6. The molecule has 6 aromatic carbocycles. The number of allylic oxidation sites excluding steroid dienone is 3. The minimum atomic E-state index is -0.544. The van der Waals surface area contributed by atoms with Gasteiger partial charge in [-0.25, -0.2) is 19.9 Å². The minimum Gasteiger partial charge on any atom is -0.255 e. The fourth-order valence-corrected chi connectivity index (χ4v) is 11.7. The third kappa shape index (κ3) is 6.57. The zero-order chi connectivity index (χ0) is 45.0. The molecular weight excluding hydrogens is 849 g/mol. The van der Waals surface area contributed by atoms with E-state index in [0.717, 1.165) is 74.6 Å². The van der Waals surface area contributed by atoms with E-state index in [4.69, 9.17) is 29.9 Å². The monoisotopic (exact) mass is 888 g/mol. The first-order valence-electron chi connectivity index (χ1n) is 23.0. The van der Waals surface area contributed by atoms with Gasteiger partial charge in [-0.1, -0.05) is 176 Å². The molecule has 6 nitrogen and oxygen atoms in total. The molecule has 0 radical (unpaired) electrons. The van der Waals surface area contributed by atoms with Gasteiger partial charge in [0.2, 0.25) is 0 Å². The van der Waals surface area contributed by atoms with Crippen LogP contribution in [0.15, 0.2) is 234 Å². The lowest BCUT2D eigenvalue weighted by atomic mass is 9.65. The van der Waals surface area contributed by atoms with Gasteiger partial charge < -0.3 is 0 Å². The first kappa shape index (κ1) is 39.9. The first-order chi connectivity index (χ1) is 33.7. The molecule has 0 amide bonds. The van der Waals surface area contributed by atoms with Crippen LogP contribution in [0.4, 0.5) is 0 Å². The van der Waals surface area contributed by atoms with Crippen LogP contribution in [0, 0.1) is 0 Å². The van der Waals surface area contributed by atoms with Gasteiger partial charge in [-0.2, -0.15) is 0 Å². The quantitative estimate of drug-likeness (QED) is 0.158. The Morgan fingerprint density at radius 3 is 1.43 bits per heavy atom. The molecule has 3 aliphatic rings. The second kappa shape index (κ2) is 16.5. The third-order valence-corrected chi connectivity index (χ3v) is 14.5. The Bertz CT molecular complexity index is 3520. The summed E-state index contributed by atoms with van der Waals surface area (Å²) in [6.45, 7) is 0. The van der Waals surface area contributed by atoms with Gasteiger partial charge in [0, 0.05) is 38.9 Å². The zero-order valence-electron chi connectivity index (χ0n) is 36.8. The highest BCUT2D eigenvalue weighted by molar-refractivity contribution is 8.03. The molecule has 1 atom stereocenters. The van der Waals surface area contributed by atoms with Crippen molar-refractivity contribution in [1.29, 1.82) is 0 Å². The van der Waals surface area contributed by atoms with E-state index in [1.165, 1.54) is 43.2 Å².